The lowest BCUT2D eigenvalue weighted by atomic mass is 10.0. The molecular weight excluding hydrogens is 298 g/mol. The normalized spacial score (nSPS) is 11.0. The van der Waals surface area contributed by atoms with E-state index in [1.165, 1.54) is 28.6 Å². The third-order valence-electron chi connectivity index (χ3n) is 3.39. The maximum atomic E-state index is 5.63. The van der Waals surface area contributed by atoms with Crippen LogP contribution in [0, 0.1) is 20.8 Å². The lowest BCUT2D eigenvalue weighted by Crippen LogP contribution is -1.99. The number of rotatable bonds is 5. The molecule has 0 aliphatic heterocycles. The van der Waals surface area contributed by atoms with Gasteiger partial charge in [-0.05, 0) is 37.5 Å². The summed E-state index contributed by atoms with van der Waals surface area (Å²) < 4.78 is 7.28. The molecule has 2 heterocycles. The highest BCUT2D eigenvalue weighted by atomic mass is 32.2. The SMILES string of the molecule is Cc1cc(C)c(CSc2nnc(Cn3cncn3)o2)c(C)c1. The van der Waals surface area contributed by atoms with Gasteiger partial charge in [0.15, 0.2) is 0 Å². The van der Waals surface area contributed by atoms with Crippen LogP contribution in [0.15, 0.2) is 34.4 Å². The standard InChI is InChI=1S/C15H17N5OS/c1-10-4-11(2)13(12(3)5-10)7-22-15-19-18-14(21-15)6-20-9-16-8-17-20/h4-5,8-9H,6-7H2,1-3H3. The lowest BCUT2D eigenvalue weighted by Gasteiger charge is -2.09. The zero-order valence-corrected chi connectivity index (χ0v) is 13.6. The molecule has 0 aliphatic rings. The second kappa shape index (κ2) is 6.31. The number of benzene rings is 1. The van der Waals surface area contributed by atoms with E-state index in [1.54, 1.807) is 22.8 Å². The predicted octanol–water partition coefficient (Wildman–Crippen LogP) is 2.93. The van der Waals surface area contributed by atoms with Crippen LogP contribution in [0.4, 0.5) is 0 Å². The summed E-state index contributed by atoms with van der Waals surface area (Å²) >= 11 is 1.56. The Morgan fingerprint density at radius 2 is 1.91 bits per heavy atom. The predicted molar refractivity (Wildman–Crippen MR) is 83.6 cm³/mol. The van der Waals surface area contributed by atoms with Gasteiger partial charge in [-0.3, -0.25) is 0 Å². The van der Waals surface area contributed by atoms with E-state index in [0.29, 0.717) is 17.7 Å². The van der Waals surface area contributed by atoms with Gasteiger partial charge in [0.25, 0.3) is 5.22 Å². The number of nitrogens with zero attached hydrogens (tertiary/aromatic N) is 5. The second-order valence-corrected chi connectivity index (χ2v) is 6.15. The quantitative estimate of drug-likeness (QED) is 0.674. The monoisotopic (exact) mass is 315 g/mol. The number of thioether (sulfide) groups is 1. The van der Waals surface area contributed by atoms with Crippen molar-refractivity contribution in [2.75, 3.05) is 0 Å². The summed E-state index contributed by atoms with van der Waals surface area (Å²) in [6, 6.07) is 4.40. The maximum Gasteiger partial charge on any atom is 0.276 e. The van der Waals surface area contributed by atoms with Crippen molar-refractivity contribution >= 4 is 11.8 Å². The summed E-state index contributed by atoms with van der Waals surface area (Å²) in [5.41, 5.74) is 5.21. The highest BCUT2D eigenvalue weighted by Crippen LogP contribution is 2.26. The summed E-state index contributed by atoms with van der Waals surface area (Å²) in [5, 5.41) is 12.7. The molecule has 0 unspecified atom stereocenters. The van der Waals surface area contributed by atoms with Crippen molar-refractivity contribution in [3.63, 3.8) is 0 Å². The Bertz CT molecular complexity index is 743. The molecule has 0 fully saturated rings. The molecule has 7 heteroatoms. The minimum atomic E-state index is 0.441. The Labute approximate surface area is 133 Å². The first-order valence-electron chi connectivity index (χ1n) is 6.96. The van der Waals surface area contributed by atoms with Crippen molar-refractivity contribution in [3.8, 4) is 0 Å². The third-order valence-corrected chi connectivity index (χ3v) is 4.24. The molecule has 0 radical (unpaired) electrons. The van der Waals surface area contributed by atoms with Crippen LogP contribution in [0.2, 0.25) is 0 Å². The second-order valence-electron chi connectivity index (χ2n) is 5.22. The third kappa shape index (κ3) is 3.36. The van der Waals surface area contributed by atoms with E-state index >= 15 is 0 Å². The van der Waals surface area contributed by atoms with Crippen LogP contribution in [0.1, 0.15) is 28.1 Å². The van der Waals surface area contributed by atoms with Gasteiger partial charge in [-0.15, -0.1) is 10.2 Å². The van der Waals surface area contributed by atoms with E-state index in [9.17, 15) is 0 Å². The fourth-order valence-corrected chi connectivity index (χ4v) is 3.36. The average Bonchev–Trinajstić information content (AvgIpc) is 3.10. The van der Waals surface area contributed by atoms with Gasteiger partial charge >= 0.3 is 0 Å². The Kier molecular flexibility index (Phi) is 4.24. The summed E-state index contributed by atoms with van der Waals surface area (Å²) in [6.07, 6.45) is 3.10. The smallest absolute Gasteiger partial charge is 0.276 e. The van der Waals surface area contributed by atoms with E-state index in [4.69, 9.17) is 4.42 Å². The highest BCUT2D eigenvalue weighted by molar-refractivity contribution is 7.98. The summed E-state index contributed by atoms with van der Waals surface area (Å²) in [7, 11) is 0. The number of aromatic nitrogens is 5. The van der Waals surface area contributed by atoms with Gasteiger partial charge in [-0.2, -0.15) is 5.10 Å². The molecule has 0 N–H and O–H groups in total. The number of hydrogen-bond acceptors (Lipinski definition) is 6. The molecule has 0 spiro atoms. The molecule has 0 atom stereocenters. The Morgan fingerprint density at radius 3 is 2.59 bits per heavy atom. The first-order valence-corrected chi connectivity index (χ1v) is 7.94. The highest BCUT2D eigenvalue weighted by Gasteiger charge is 2.10. The Balaban J connectivity index is 1.66. The van der Waals surface area contributed by atoms with Gasteiger partial charge in [0.2, 0.25) is 5.89 Å². The molecule has 0 aliphatic carbocycles. The van der Waals surface area contributed by atoms with Gasteiger partial charge in [0.1, 0.15) is 19.2 Å². The Morgan fingerprint density at radius 1 is 1.14 bits per heavy atom. The first-order chi connectivity index (χ1) is 10.6. The van der Waals surface area contributed by atoms with Gasteiger partial charge in [0.05, 0.1) is 0 Å². The van der Waals surface area contributed by atoms with Gasteiger partial charge < -0.3 is 4.42 Å². The average molecular weight is 315 g/mol. The van der Waals surface area contributed by atoms with Gasteiger partial charge in [0, 0.05) is 5.75 Å². The summed E-state index contributed by atoms with van der Waals surface area (Å²) in [4.78, 5) is 3.88. The van der Waals surface area contributed by atoms with Crippen molar-refractivity contribution in [1.29, 1.82) is 0 Å². The van der Waals surface area contributed by atoms with Gasteiger partial charge in [-0.25, -0.2) is 9.67 Å². The zero-order valence-electron chi connectivity index (χ0n) is 12.8. The minimum Gasteiger partial charge on any atom is -0.414 e. The molecule has 22 heavy (non-hydrogen) atoms. The Hall–Kier alpha value is -2.15. The van der Waals surface area contributed by atoms with E-state index in [-0.39, 0.29) is 0 Å². The minimum absolute atomic E-state index is 0.441. The zero-order chi connectivity index (χ0) is 15.5. The van der Waals surface area contributed by atoms with Crippen molar-refractivity contribution < 1.29 is 4.42 Å². The summed E-state index contributed by atoms with van der Waals surface area (Å²) in [6.45, 7) is 6.83. The van der Waals surface area contributed by atoms with Crippen molar-refractivity contribution in [1.82, 2.24) is 25.0 Å². The van der Waals surface area contributed by atoms with Crippen LogP contribution < -0.4 is 0 Å². The van der Waals surface area contributed by atoms with E-state index in [1.807, 2.05) is 0 Å². The number of hydrogen-bond donors (Lipinski definition) is 0. The molecule has 0 bridgehead atoms. The van der Waals surface area contributed by atoms with Crippen molar-refractivity contribution in [2.45, 2.75) is 38.3 Å². The van der Waals surface area contributed by atoms with Crippen LogP contribution in [0.3, 0.4) is 0 Å². The molecule has 0 amide bonds. The van der Waals surface area contributed by atoms with Crippen LogP contribution >= 0.6 is 11.8 Å². The van der Waals surface area contributed by atoms with Crippen LogP contribution in [-0.2, 0) is 12.3 Å². The summed E-state index contributed by atoms with van der Waals surface area (Å²) in [5.74, 6) is 1.36. The largest absolute Gasteiger partial charge is 0.414 e. The molecule has 0 saturated heterocycles. The van der Waals surface area contributed by atoms with Crippen molar-refractivity contribution in [3.05, 3.63) is 52.9 Å². The van der Waals surface area contributed by atoms with Crippen molar-refractivity contribution in [2.24, 2.45) is 0 Å². The molecule has 114 valence electrons. The van der Waals surface area contributed by atoms with Crippen LogP contribution in [0.5, 0.6) is 0 Å². The van der Waals surface area contributed by atoms with Crippen LogP contribution in [-0.4, -0.2) is 25.0 Å². The van der Waals surface area contributed by atoms with Gasteiger partial charge in [-0.1, -0.05) is 29.5 Å². The first kappa shape index (κ1) is 14.8. The lowest BCUT2D eigenvalue weighted by molar-refractivity contribution is 0.397. The van der Waals surface area contributed by atoms with E-state index in [2.05, 4.69) is 53.2 Å². The fourth-order valence-electron chi connectivity index (χ4n) is 2.38. The molecule has 3 rings (SSSR count). The molecule has 3 aromatic rings. The van der Waals surface area contributed by atoms with Crippen LogP contribution in [0.25, 0.3) is 0 Å². The fraction of sp³-hybridized carbons (Fsp3) is 0.333. The maximum absolute atomic E-state index is 5.63. The molecule has 2 aromatic heterocycles. The van der Waals surface area contributed by atoms with E-state index in [0.717, 1.165) is 5.75 Å². The number of aryl methyl sites for hydroxylation is 3. The van der Waals surface area contributed by atoms with E-state index < -0.39 is 0 Å². The molecule has 6 nitrogen and oxygen atoms in total. The topological polar surface area (TPSA) is 69.6 Å². The molecule has 1 aromatic carbocycles. The molecular formula is C15H17N5OS. The molecule has 0 saturated carbocycles.